The lowest BCUT2D eigenvalue weighted by atomic mass is 10.1. The van der Waals surface area contributed by atoms with Crippen LogP contribution in [0.1, 0.15) is 29.8 Å². The molecule has 0 fully saturated rings. The summed E-state index contributed by atoms with van der Waals surface area (Å²) in [5.41, 5.74) is 3.30. The van der Waals surface area contributed by atoms with Crippen LogP contribution in [-0.2, 0) is 11.2 Å². The number of likely N-dealkylation sites (N-methyl/N-ethyl adjacent to an activating group) is 1. The number of H-pyrrole nitrogens is 2. The van der Waals surface area contributed by atoms with Crippen LogP contribution in [0.2, 0.25) is 0 Å². The van der Waals surface area contributed by atoms with E-state index in [-0.39, 0.29) is 17.2 Å². The Morgan fingerprint density at radius 3 is 2.71 bits per heavy atom. The number of carbonyl (C=O) groups excluding carboxylic acids is 2. The summed E-state index contributed by atoms with van der Waals surface area (Å²) in [6, 6.07) is 10.0. The molecular weight excluding hydrogens is 527 g/mol. The minimum atomic E-state index is -0.650. The molecule has 2 amide bonds. The number of anilines is 5. The molecule has 0 unspecified atom stereocenters. The average Bonchev–Trinajstić information content (AvgIpc) is 3.62. The third-order valence-corrected chi connectivity index (χ3v) is 7.29. The molecule has 12 heteroatoms. The van der Waals surface area contributed by atoms with Gasteiger partial charge in [0.25, 0.3) is 5.91 Å². The second kappa shape index (κ2) is 11.8. The number of aromatic nitrogens is 3. The molecule has 0 saturated heterocycles. The maximum absolute atomic E-state index is 14.6. The molecule has 11 nitrogen and oxygen atoms in total. The molecule has 4 aromatic rings. The minimum Gasteiger partial charge on any atom is -0.493 e. The summed E-state index contributed by atoms with van der Waals surface area (Å²) in [4.78, 5) is 40.6. The van der Waals surface area contributed by atoms with Gasteiger partial charge in [-0.25, -0.2) is 9.37 Å². The van der Waals surface area contributed by atoms with Crippen LogP contribution in [-0.4, -0.2) is 67.0 Å². The largest absolute Gasteiger partial charge is 0.493 e. The van der Waals surface area contributed by atoms with E-state index in [1.54, 1.807) is 19.4 Å². The van der Waals surface area contributed by atoms with Gasteiger partial charge in [0, 0.05) is 25.9 Å². The summed E-state index contributed by atoms with van der Waals surface area (Å²) >= 11 is 0. The number of aromatic amines is 2. The van der Waals surface area contributed by atoms with Gasteiger partial charge in [-0.2, -0.15) is 0 Å². The summed E-state index contributed by atoms with van der Waals surface area (Å²) in [6.45, 7) is 6.66. The number of methoxy groups -OCH3 is 1. The predicted octanol–water partition coefficient (Wildman–Crippen LogP) is 3.60. The first kappa shape index (κ1) is 27.8. The number of halogens is 1. The molecule has 2 aromatic heterocycles. The fourth-order valence-corrected chi connectivity index (χ4v) is 5.05. The van der Waals surface area contributed by atoms with Crippen molar-refractivity contribution in [2.24, 2.45) is 0 Å². The van der Waals surface area contributed by atoms with E-state index in [9.17, 15) is 14.0 Å². The second-order valence-corrected chi connectivity index (χ2v) is 9.63. The van der Waals surface area contributed by atoms with E-state index in [1.165, 1.54) is 19.2 Å². The van der Waals surface area contributed by atoms with E-state index in [0.29, 0.717) is 47.3 Å². The van der Waals surface area contributed by atoms with Gasteiger partial charge in [0.05, 0.1) is 36.0 Å². The Balaban J connectivity index is 1.49. The molecule has 2 aromatic carbocycles. The first-order valence-corrected chi connectivity index (χ1v) is 13.5. The molecule has 1 aliphatic heterocycles. The lowest BCUT2D eigenvalue weighted by Gasteiger charge is -2.23. The van der Waals surface area contributed by atoms with Crippen LogP contribution in [0.25, 0.3) is 11.0 Å². The molecular formula is C29H34FN8O3+. The SMILES string of the molecule is CCN(CC)CC(=O)N1CCc2cc(OC)c(Nc3nc(Nc4cccc(F)c4C(=O)NC)c4cc[nH]c4[nH+]3)cc21. The van der Waals surface area contributed by atoms with Crippen molar-refractivity contribution >= 4 is 51.7 Å². The number of hydrogen-bond acceptors (Lipinski definition) is 7. The molecule has 0 radical (unpaired) electrons. The maximum atomic E-state index is 14.6. The minimum absolute atomic E-state index is 0.0505. The highest BCUT2D eigenvalue weighted by atomic mass is 19.1. The van der Waals surface area contributed by atoms with Gasteiger partial charge in [0.1, 0.15) is 11.5 Å². The topological polar surface area (TPSA) is 129 Å². The summed E-state index contributed by atoms with van der Waals surface area (Å²) in [5, 5.41) is 9.60. The molecule has 0 spiro atoms. The number of nitrogens with zero attached hydrogens (tertiary/aromatic N) is 3. The zero-order valence-corrected chi connectivity index (χ0v) is 23.5. The van der Waals surface area contributed by atoms with Gasteiger partial charge < -0.3 is 20.3 Å². The number of benzene rings is 2. The number of amides is 2. The molecule has 5 rings (SSSR count). The van der Waals surface area contributed by atoms with E-state index < -0.39 is 11.7 Å². The van der Waals surface area contributed by atoms with E-state index in [0.717, 1.165) is 30.8 Å². The van der Waals surface area contributed by atoms with Crippen molar-refractivity contribution in [2.45, 2.75) is 20.3 Å². The first-order valence-electron chi connectivity index (χ1n) is 13.5. The van der Waals surface area contributed by atoms with Gasteiger partial charge in [0.2, 0.25) is 17.4 Å². The van der Waals surface area contributed by atoms with Crippen molar-refractivity contribution in [3.05, 3.63) is 59.5 Å². The van der Waals surface area contributed by atoms with Crippen molar-refractivity contribution in [1.29, 1.82) is 0 Å². The van der Waals surface area contributed by atoms with Crippen LogP contribution in [0.4, 0.5) is 33.2 Å². The summed E-state index contributed by atoms with van der Waals surface area (Å²) < 4.78 is 20.3. The molecule has 41 heavy (non-hydrogen) atoms. The quantitative estimate of drug-likeness (QED) is 0.233. The third-order valence-electron chi connectivity index (χ3n) is 7.29. The van der Waals surface area contributed by atoms with Crippen molar-refractivity contribution in [2.75, 3.05) is 55.9 Å². The van der Waals surface area contributed by atoms with Crippen molar-refractivity contribution < 1.29 is 23.7 Å². The van der Waals surface area contributed by atoms with E-state index in [2.05, 4.69) is 30.8 Å². The Bertz CT molecular complexity index is 1600. The Labute approximate surface area is 237 Å². The summed E-state index contributed by atoms with van der Waals surface area (Å²) in [5.74, 6) is 0.204. The molecule has 0 aliphatic carbocycles. The highest BCUT2D eigenvalue weighted by molar-refractivity contribution is 6.01. The molecule has 214 valence electrons. The third kappa shape index (κ3) is 5.50. The molecule has 3 heterocycles. The van der Waals surface area contributed by atoms with Crippen LogP contribution in [0, 0.1) is 5.82 Å². The number of hydrogen-bond donors (Lipinski definition) is 4. The highest BCUT2D eigenvalue weighted by Crippen LogP contribution is 2.38. The van der Waals surface area contributed by atoms with Gasteiger partial charge in [-0.15, -0.1) is 0 Å². The van der Waals surface area contributed by atoms with E-state index in [4.69, 9.17) is 9.72 Å². The van der Waals surface area contributed by atoms with Crippen LogP contribution < -0.4 is 30.6 Å². The monoisotopic (exact) mass is 561 g/mol. The fourth-order valence-electron chi connectivity index (χ4n) is 5.05. The normalized spacial score (nSPS) is 12.5. The van der Waals surface area contributed by atoms with E-state index >= 15 is 0 Å². The lowest BCUT2D eigenvalue weighted by molar-refractivity contribution is -0.333. The number of nitrogens with one attached hydrogen (secondary N) is 5. The zero-order valence-electron chi connectivity index (χ0n) is 23.5. The standard InChI is InChI=1S/C29H33FN8O3/c1-5-37(6-2)16-24(39)38-13-11-17-14-23(41-4)21(15-22(17)38)34-29-35-26-18(10-12-32-26)27(36-29)33-20-9-7-8-19(30)25(20)28(40)31-3/h7-10,12,14-15H,5-6,11,13,16H2,1-4H3,(H,31,40)(H3,32,33,34,35,36)/p+1. The van der Waals surface area contributed by atoms with Crippen molar-refractivity contribution in [3.8, 4) is 5.75 Å². The molecule has 0 bridgehead atoms. The fraction of sp³-hybridized carbons (Fsp3) is 0.310. The lowest BCUT2D eigenvalue weighted by Crippen LogP contribution is -2.39. The number of rotatable bonds is 10. The van der Waals surface area contributed by atoms with Crippen LogP contribution in [0.15, 0.2) is 42.6 Å². The molecule has 0 saturated carbocycles. The Kier molecular flexibility index (Phi) is 8.02. The van der Waals surface area contributed by atoms with Crippen LogP contribution in [0.5, 0.6) is 5.75 Å². The molecule has 1 aliphatic rings. The highest BCUT2D eigenvalue weighted by Gasteiger charge is 2.28. The number of fused-ring (bicyclic) bond motifs is 2. The Hall–Kier alpha value is -4.71. The van der Waals surface area contributed by atoms with Crippen LogP contribution in [0.3, 0.4) is 0 Å². The first-order chi connectivity index (χ1) is 19.9. The maximum Gasteiger partial charge on any atom is 0.351 e. The predicted molar refractivity (Wildman–Crippen MR) is 156 cm³/mol. The Morgan fingerprint density at radius 1 is 1.17 bits per heavy atom. The second-order valence-electron chi connectivity index (χ2n) is 9.63. The van der Waals surface area contributed by atoms with Gasteiger partial charge in [-0.05, 0) is 49.3 Å². The zero-order chi connectivity index (χ0) is 29.1. The Morgan fingerprint density at radius 2 is 1.98 bits per heavy atom. The van der Waals surface area contributed by atoms with Crippen molar-refractivity contribution in [3.63, 3.8) is 0 Å². The molecule has 5 N–H and O–H groups in total. The van der Waals surface area contributed by atoms with Gasteiger partial charge in [-0.1, -0.05) is 24.9 Å². The van der Waals surface area contributed by atoms with Crippen molar-refractivity contribution in [1.82, 2.24) is 20.2 Å². The van der Waals surface area contributed by atoms with E-state index in [1.807, 2.05) is 36.9 Å². The summed E-state index contributed by atoms with van der Waals surface area (Å²) in [7, 11) is 3.04. The average molecular weight is 562 g/mol. The number of carbonyl (C=O) groups is 2. The summed E-state index contributed by atoms with van der Waals surface area (Å²) in [6.07, 6.45) is 2.49. The van der Waals surface area contributed by atoms with Gasteiger partial charge in [-0.3, -0.25) is 24.8 Å². The van der Waals surface area contributed by atoms with Gasteiger partial charge in [0.15, 0.2) is 5.75 Å². The smallest absolute Gasteiger partial charge is 0.351 e. The number of ether oxygens (including phenoxy) is 1. The van der Waals surface area contributed by atoms with Gasteiger partial charge >= 0.3 is 5.95 Å². The van der Waals surface area contributed by atoms with Crippen LogP contribution >= 0.6 is 0 Å². The molecule has 0 atom stereocenters.